The van der Waals surface area contributed by atoms with Gasteiger partial charge < -0.3 is 28.6 Å². The fourth-order valence-electron chi connectivity index (χ4n) is 7.60. The summed E-state index contributed by atoms with van der Waals surface area (Å²) in [5, 5.41) is 0. The van der Waals surface area contributed by atoms with Gasteiger partial charge in [-0.1, -0.05) is 18.2 Å². The Balaban J connectivity index is 1.95. The summed E-state index contributed by atoms with van der Waals surface area (Å²) in [5.74, 6) is -1.91. The van der Waals surface area contributed by atoms with E-state index in [0.717, 1.165) is 19.3 Å². The Morgan fingerprint density at radius 2 is 1.97 bits per heavy atom. The molecule has 6 atom stereocenters. The molecule has 3 aliphatic carbocycles. The van der Waals surface area contributed by atoms with Crippen molar-refractivity contribution in [1.29, 1.82) is 0 Å². The lowest BCUT2D eigenvalue weighted by atomic mass is 9.51. The van der Waals surface area contributed by atoms with Crippen LogP contribution < -0.4 is 0 Å². The number of hydrogen-bond donors (Lipinski definition) is 0. The van der Waals surface area contributed by atoms with Crippen molar-refractivity contribution in [2.75, 3.05) is 48.7 Å². The van der Waals surface area contributed by atoms with Crippen LogP contribution in [0.4, 0.5) is 4.79 Å². The molecule has 3 fully saturated rings. The Morgan fingerprint density at radius 1 is 1.24 bits per heavy atom. The van der Waals surface area contributed by atoms with Gasteiger partial charge >= 0.3 is 6.09 Å². The molecule has 33 heavy (non-hydrogen) atoms. The molecule has 8 heteroatoms. The smallest absolute Gasteiger partial charge is 0.409 e. The van der Waals surface area contributed by atoms with Crippen LogP contribution in [0.15, 0.2) is 36.5 Å². The first-order valence-electron chi connectivity index (χ1n) is 11.4. The molecule has 0 aromatic rings. The van der Waals surface area contributed by atoms with E-state index in [0.29, 0.717) is 18.7 Å². The number of carbonyl (C=O) groups is 2. The number of methoxy groups -OCH3 is 5. The van der Waals surface area contributed by atoms with E-state index in [9.17, 15) is 9.59 Å². The molecule has 4 unspecified atom stereocenters. The van der Waals surface area contributed by atoms with E-state index in [-0.39, 0.29) is 35.2 Å². The van der Waals surface area contributed by atoms with E-state index in [4.69, 9.17) is 23.7 Å². The minimum absolute atomic E-state index is 0.130. The molecule has 0 radical (unpaired) electrons. The highest BCUT2D eigenvalue weighted by molar-refractivity contribution is 6.00. The standard InChI is InChI=1S/C25H35NO7/c1-7-24-18-13-16(17-9-8-10-19(27)25(17,32-5)33-6)21(24)26(22(28)31-4)14-23(18,15-29-2)12-11-20(24)30-3/h7-10,16,18,20-21H,1,11-15H2,2-6H3/t16-,18+,20?,21?,23?,24?/m0/s1. The summed E-state index contributed by atoms with van der Waals surface area (Å²) in [5.41, 5.74) is -0.117. The Kier molecular flexibility index (Phi) is 6.33. The Bertz CT molecular complexity index is 878. The first-order valence-corrected chi connectivity index (χ1v) is 11.4. The predicted molar refractivity (Wildman–Crippen MR) is 120 cm³/mol. The highest BCUT2D eigenvalue weighted by Crippen LogP contribution is 2.68. The zero-order valence-corrected chi connectivity index (χ0v) is 20.2. The average molecular weight is 462 g/mol. The Labute approximate surface area is 195 Å². The zero-order valence-electron chi connectivity index (χ0n) is 20.2. The predicted octanol–water partition coefficient (Wildman–Crippen LogP) is 2.74. The third-order valence-corrected chi connectivity index (χ3v) is 8.69. The second-order valence-electron chi connectivity index (χ2n) is 9.57. The van der Waals surface area contributed by atoms with Gasteiger partial charge in [0.05, 0.1) is 25.9 Å². The monoisotopic (exact) mass is 461 g/mol. The summed E-state index contributed by atoms with van der Waals surface area (Å²) in [4.78, 5) is 28.0. The molecule has 4 aliphatic rings. The van der Waals surface area contributed by atoms with E-state index in [2.05, 4.69) is 6.58 Å². The molecule has 0 N–H and O–H groups in total. The summed E-state index contributed by atoms with van der Waals surface area (Å²) in [6.45, 7) is 5.27. The molecule has 1 heterocycles. The zero-order chi connectivity index (χ0) is 24.0. The van der Waals surface area contributed by atoms with Gasteiger partial charge in [0.25, 0.3) is 5.79 Å². The van der Waals surface area contributed by atoms with Crippen LogP contribution >= 0.6 is 0 Å². The fraction of sp³-hybridized carbons (Fsp3) is 0.680. The number of piperidine rings is 1. The minimum Gasteiger partial charge on any atom is -0.453 e. The first-order chi connectivity index (χ1) is 15.9. The highest BCUT2D eigenvalue weighted by Gasteiger charge is 2.73. The highest BCUT2D eigenvalue weighted by atomic mass is 16.7. The third kappa shape index (κ3) is 3.04. The van der Waals surface area contributed by atoms with Gasteiger partial charge in [-0.2, -0.15) is 0 Å². The molecule has 8 nitrogen and oxygen atoms in total. The first kappa shape index (κ1) is 24.1. The average Bonchev–Trinajstić information content (AvgIpc) is 3.10. The van der Waals surface area contributed by atoms with E-state index < -0.39 is 17.3 Å². The van der Waals surface area contributed by atoms with Crippen LogP contribution in [0, 0.1) is 22.7 Å². The Hall–Kier alpha value is -2.00. The molecule has 4 bridgehead atoms. The number of rotatable bonds is 7. The van der Waals surface area contributed by atoms with E-state index >= 15 is 0 Å². The summed E-state index contributed by atoms with van der Waals surface area (Å²) in [6, 6.07) is -0.335. The van der Waals surface area contributed by atoms with Gasteiger partial charge in [0.15, 0.2) is 0 Å². The van der Waals surface area contributed by atoms with Gasteiger partial charge in [-0.3, -0.25) is 4.79 Å². The third-order valence-electron chi connectivity index (χ3n) is 8.69. The topological polar surface area (TPSA) is 83.5 Å². The summed E-state index contributed by atoms with van der Waals surface area (Å²) >= 11 is 0. The van der Waals surface area contributed by atoms with E-state index in [1.165, 1.54) is 27.4 Å². The van der Waals surface area contributed by atoms with E-state index in [1.807, 2.05) is 12.2 Å². The SMILES string of the molecule is C=CC12C(OC)CCC3(COC)CN(C(=O)OC)C1[C@H](C1=CC=CC(=O)C1(OC)OC)C[C@H]32. The van der Waals surface area contributed by atoms with Crippen LogP contribution in [0.5, 0.6) is 0 Å². The maximum atomic E-state index is 13.2. The molecule has 2 saturated carbocycles. The second-order valence-corrected chi connectivity index (χ2v) is 9.57. The number of ketones is 1. The van der Waals surface area contributed by atoms with Crippen molar-refractivity contribution >= 4 is 11.9 Å². The molecule has 4 rings (SSSR count). The van der Waals surface area contributed by atoms with Crippen LogP contribution in [-0.4, -0.2) is 83.4 Å². The maximum absolute atomic E-state index is 13.2. The van der Waals surface area contributed by atoms with Crippen LogP contribution in [0.1, 0.15) is 19.3 Å². The summed E-state index contributed by atoms with van der Waals surface area (Å²) in [7, 11) is 7.75. The number of likely N-dealkylation sites (tertiary alicyclic amines) is 1. The second kappa shape index (κ2) is 8.65. The molecule has 0 spiro atoms. The van der Waals surface area contributed by atoms with Gasteiger partial charge in [0.1, 0.15) is 0 Å². The number of nitrogens with zero attached hydrogens (tertiary/aromatic N) is 1. The summed E-state index contributed by atoms with van der Waals surface area (Å²) in [6.07, 6.45) is 8.90. The van der Waals surface area contributed by atoms with Crippen molar-refractivity contribution in [2.24, 2.45) is 22.7 Å². The number of amides is 1. The van der Waals surface area contributed by atoms with Crippen LogP contribution in [0.2, 0.25) is 0 Å². The molecular weight excluding hydrogens is 426 g/mol. The molecule has 1 saturated heterocycles. The van der Waals surface area contributed by atoms with Crippen molar-refractivity contribution in [3.63, 3.8) is 0 Å². The van der Waals surface area contributed by atoms with Crippen LogP contribution in [0.25, 0.3) is 0 Å². The number of carbonyl (C=O) groups excluding carboxylic acids is 2. The maximum Gasteiger partial charge on any atom is 0.409 e. The van der Waals surface area contributed by atoms with Crippen LogP contribution in [-0.2, 0) is 28.5 Å². The number of ether oxygens (including phenoxy) is 5. The number of allylic oxidation sites excluding steroid dienone is 2. The summed E-state index contributed by atoms with van der Waals surface area (Å²) < 4.78 is 28.5. The van der Waals surface area contributed by atoms with Gasteiger partial charge in [-0.05, 0) is 31.3 Å². The lowest BCUT2D eigenvalue weighted by Gasteiger charge is -2.62. The molecule has 1 aliphatic heterocycles. The molecule has 182 valence electrons. The van der Waals surface area contributed by atoms with Gasteiger partial charge in [-0.25, -0.2) is 4.79 Å². The fourth-order valence-corrected chi connectivity index (χ4v) is 7.60. The lowest BCUT2D eigenvalue weighted by Crippen LogP contribution is -2.69. The minimum atomic E-state index is -1.54. The van der Waals surface area contributed by atoms with Crippen molar-refractivity contribution in [3.05, 3.63) is 36.5 Å². The molecule has 0 aromatic carbocycles. The number of hydrogen-bond acceptors (Lipinski definition) is 7. The van der Waals surface area contributed by atoms with E-state index in [1.54, 1.807) is 25.2 Å². The van der Waals surface area contributed by atoms with Crippen molar-refractivity contribution in [3.8, 4) is 0 Å². The van der Waals surface area contributed by atoms with Crippen molar-refractivity contribution in [1.82, 2.24) is 4.90 Å². The van der Waals surface area contributed by atoms with Crippen LogP contribution in [0.3, 0.4) is 0 Å². The Morgan fingerprint density at radius 3 is 2.55 bits per heavy atom. The molecule has 0 aromatic heterocycles. The normalized spacial score (nSPS) is 38.8. The molecular formula is C25H35NO7. The van der Waals surface area contributed by atoms with Crippen molar-refractivity contribution < 1.29 is 33.3 Å². The van der Waals surface area contributed by atoms with Crippen molar-refractivity contribution in [2.45, 2.75) is 37.2 Å². The van der Waals surface area contributed by atoms with Gasteiger partial charge in [-0.15, -0.1) is 6.58 Å². The lowest BCUT2D eigenvalue weighted by molar-refractivity contribution is -0.191. The quantitative estimate of drug-likeness (QED) is 0.426. The van der Waals surface area contributed by atoms with Gasteiger partial charge in [0, 0.05) is 57.3 Å². The van der Waals surface area contributed by atoms with Gasteiger partial charge in [0.2, 0.25) is 5.78 Å². The largest absolute Gasteiger partial charge is 0.453 e. The molecule has 1 amide bonds.